The van der Waals surface area contributed by atoms with Crippen molar-refractivity contribution >= 4 is 10.8 Å². The molecular formula is C41H44N2O10. The summed E-state index contributed by atoms with van der Waals surface area (Å²) in [5.74, 6) is 5.94. The van der Waals surface area contributed by atoms with Crippen LogP contribution in [-0.2, 0) is 19.3 Å². The van der Waals surface area contributed by atoms with Crippen LogP contribution in [0.1, 0.15) is 34.0 Å². The van der Waals surface area contributed by atoms with Gasteiger partial charge < -0.3 is 47.4 Å². The van der Waals surface area contributed by atoms with Gasteiger partial charge >= 0.3 is 0 Å². The van der Waals surface area contributed by atoms with Crippen LogP contribution in [0.25, 0.3) is 10.8 Å². The van der Waals surface area contributed by atoms with Crippen molar-refractivity contribution < 1.29 is 47.4 Å². The second-order valence-electron chi connectivity index (χ2n) is 12.7. The molecule has 2 aliphatic heterocycles. The van der Waals surface area contributed by atoms with E-state index in [4.69, 9.17) is 52.4 Å². The first kappa shape index (κ1) is 35.6. The van der Waals surface area contributed by atoms with Gasteiger partial charge in [-0.3, -0.25) is 9.88 Å². The van der Waals surface area contributed by atoms with Crippen LogP contribution in [-0.4, -0.2) is 80.0 Å². The molecule has 0 fully saturated rings. The SMILES string of the molecule is COc1cc2c(cc1OC)[C@@H](Cc1cc(Oc3cc4c(Cc5cccc(OC)c5OC)nccc4c4c3OCO4)c(OC)c(OC)c1OC)N(C)CC2. The molecule has 0 radical (unpaired) electrons. The summed E-state index contributed by atoms with van der Waals surface area (Å²) in [4.78, 5) is 7.12. The number of fused-ring (bicyclic) bond motifs is 4. The second-order valence-corrected chi connectivity index (χ2v) is 12.7. The number of hydrogen-bond acceptors (Lipinski definition) is 12. The molecule has 0 saturated carbocycles. The summed E-state index contributed by atoms with van der Waals surface area (Å²) in [6, 6.07) is 15.7. The molecule has 0 bridgehead atoms. The summed E-state index contributed by atoms with van der Waals surface area (Å²) >= 11 is 0. The third-order valence-corrected chi connectivity index (χ3v) is 10.0. The molecule has 5 aromatic rings. The summed E-state index contributed by atoms with van der Waals surface area (Å²) < 4.78 is 59.4. The van der Waals surface area contributed by atoms with Gasteiger partial charge in [0.25, 0.3) is 0 Å². The van der Waals surface area contributed by atoms with E-state index in [1.807, 2.05) is 36.4 Å². The molecule has 0 amide bonds. The predicted molar refractivity (Wildman–Crippen MR) is 199 cm³/mol. The van der Waals surface area contributed by atoms with Gasteiger partial charge in [-0.15, -0.1) is 0 Å². The van der Waals surface area contributed by atoms with Crippen molar-refractivity contribution in [3.8, 4) is 63.2 Å². The molecule has 2 aliphatic rings. The van der Waals surface area contributed by atoms with Gasteiger partial charge in [0.1, 0.15) is 0 Å². The number of rotatable bonds is 13. The maximum absolute atomic E-state index is 6.78. The van der Waals surface area contributed by atoms with E-state index in [9.17, 15) is 0 Å². The summed E-state index contributed by atoms with van der Waals surface area (Å²) in [6.07, 6.45) is 3.69. The fraction of sp³-hybridized carbons (Fsp3) is 0.341. The van der Waals surface area contributed by atoms with Gasteiger partial charge in [0.15, 0.2) is 46.0 Å². The Labute approximate surface area is 308 Å². The first-order valence-electron chi connectivity index (χ1n) is 17.2. The maximum atomic E-state index is 6.78. The summed E-state index contributed by atoms with van der Waals surface area (Å²) in [5, 5.41) is 1.68. The molecule has 53 heavy (non-hydrogen) atoms. The van der Waals surface area contributed by atoms with Crippen molar-refractivity contribution in [2.45, 2.75) is 25.3 Å². The van der Waals surface area contributed by atoms with Gasteiger partial charge in [-0.05, 0) is 67.4 Å². The number of benzene rings is 4. The van der Waals surface area contributed by atoms with E-state index >= 15 is 0 Å². The lowest BCUT2D eigenvalue weighted by atomic mass is 9.88. The zero-order valence-electron chi connectivity index (χ0n) is 31.3. The number of nitrogens with zero attached hydrogens (tertiary/aromatic N) is 2. The van der Waals surface area contributed by atoms with Crippen LogP contribution in [0.15, 0.2) is 54.7 Å². The molecule has 0 spiro atoms. The third-order valence-electron chi connectivity index (χ3n) is 10.0. The van der Waals surface area contributed by atoms with E-state index in [0.29, 0.717) is 76.1 Å². The molecule has 1 atom stereocenters. The molecule has 7 rings (SSSR count). The minimum absolute atomic E-state index is 0.0118. The minimum Gasteiger partial charge on any atom is -0.493 e. The topological polar surface area (TPSA) is 108 Å². The Bertz CT molecular complexity index is 2150. The molecular weight excluding hydrogens is 680 g/mol. The standard InChI is InChI=1S/C41H44N2O10/c1-43-15-13-23-18-32(45-3)33(46-4)20-27(23)30(43)17-25-19-34(39(49-7)41(50-8)37(25)48-6)53-35-21-28-26(38-40(35)52-22-51-38)12-14-42-29(28)16-24-10-9-11-31(44-2)36(24)47-5/h9-12,14,18-21,30H,13,15-17,22H2,1-8H3/t30-/m1/s1. The molecule has 1 aromatic heterocycles. The highest BCUT2D eigenvalue weighted by Crippen LogP contribution is 2.53. The number of ether oxygens (including phenoxy) is 10. The monoisotopic (exact) mass is 724 g/mol. The molecule has 0 unspecified atom stereocenters. The first-order valence-corrected chi connectivity index (χ1v) is 17.2. The molecule has 278 valence electrons. The number of para-hydroxylation sites is 1. The highest BCUT2D eigenvalue weighted by atomic mass is 16.7. The minimum atomic E-state index is -0.0118. The van der Waals surface area contributed by atoms with E-state index in [-0.39, 0.29) is 12.8 Å². The number of hydrogen-bond donors (Lipinski definition) is 0. The number of pyridine rings is 1. The highest BCUT2D eigenvalue weighted by molar-refractivity contribution is 5.95. The summed E-state index contributed by atoms with van der Waals surface area (Å²) in [6.45, 7) is 0.910. The predicted octanol–water partition coefficient (Wildman–Crippen LogP) is 7.18. The molecule has 0 N–H and O–H groups in total. The Hall–Kier alpha value is -5.75. The smallest absolute Gasteiger partial charge is 0.231 e. The van der Waals surface area contributed by atoms with Crippen LogP contribution in [0.3, 0.4) is 0 Å². The van der Waals surface area contributed by atoms with Crippen LogP contribution in [0.5, 0.6) is 63.2 Å². The number of methoxy groups -OCH3 is 7. The largest absolute Gasteiger partial charge is 0.493 e. The molecule has 0 aliphatic carbocycles. The normalized spacial score (nSPS) is 14.8. The Morgan fingerprint density at radius 1 is 0.660 bits per heavy atom. The molecule has 3 heterocycles. The van der Waals surface area contributed by atoms with Gasteiger partial charge in [-0.2, -0.15) is 0 Å². The van der Waals surface area contributed by atoms with Crippen LogP contribution in [0.4, 0.5) is 0 Å². The average Bonchev–Trinajstić information content (AvgIpc) is 3.69. The highest BCUT2D eigenvalue weighted by Gasteiger charge is 2.32. The Morgan fingerprint density at radius 3 is 2.09 bits per heavy atom. The Morgan fingerprint density at radius 2 is 1.38 bits per heavy atom. The molecule has 12 heteroatoms. The van der Waals surface area contributed by atoms with E-state index in [0.717, 1.165) is 46.1 Å². The first-order chi connectivity index (χ1) is 25.9. The fourth-order valence-electron chi connectivity index (χ4n) is 7.45. The van der Waals surface area contributed by atoms with E-state index in [1.165, 1.54) is 5.56 Å². The molecule has 4 aromatic carbocycles. The lowest BCUT2D eigenvalue weighted by Gasteiger charge is -2.35. The van der Waals surface area contributed by atoms with E-state index < -0.39 is 0 Å². The van der Waals surface area contributed by atoms with Crippen molar-refractivity contribution in [1.29, 1.82) is 0 Å². The van der Waals surface area contributed by atoms with Gasteiger partial charge in [0.2, 0.25) is 24.0 Å². The van der Waals surface area contributed by atoms with Gasteiger partial charge in [-0.1, -0.05) is 12.1 Å². The second kappa shape index (κ2) is 15.1. The Balaban J connectivity index is 1.33. The Kier molecular flexibility index (Phi) is 10.1. The van der Waals surface area contributed by atoms with Crippen LogP contribution in [0, 0.1) is 0 Å². The summed E-state index contributed by atoms with van der Waals surface area (Å²) in [7, 11) is 13.5. The van der Waals surface area contributed by atoms with E-state index in [1.54, 1.807) is 56.0 Å². The maximum Gasteiger partial charge on any atom is 0.231 e. The number of likely N-dealkylation sites (N-methyl/N-ethyl adjacent to an activating group) is 1. The molecule has 12 nitrogen and oxygen atoms in total. The van der Waals surface area contributed by atoms with Crippen molar-refractivity contribution in [2.24, 2.45) is 0 Å². The fourth-order valence-corrected chi connectivity index (χ4v) is 7.45. The van der Waals surface area contributed by atoms with Crippen LogP contribution < -0.4 is 47.4 Å². The van der Waals surface area contributed by atoms with Crippen molar-refractivity contribution in [2.75, 3.05) is 70.2 Å². The van der Waals surface area contributed by atoms with Crippen molar-refractivity contribution in [1.82, 2.24) is 9.88 Å². The van der Waals surface area contributed by atoms with Crippen LogP contribution >= 0.6 is 0 Å². The number of aromatic nitrogens is 1. The van der Waals surface area contributed by atoms with Gasteiger partial charge in [-0.25, -0.2) is 0 Å². The average molecular weight is 725 g/mol. The van der Waals surface area contributed by atoms with Crippen LogP contribution in [0.2, 0.25) is 0 Å². The zero-order chi connectivity index (χ0) is 37.2. The van der Waals surface area contributed by atoms with Crippen molar-refractivity contribution in [3.63, 3.8) is 0 Å². The zero-order valence-corrected chi connectivity index (χ0v) is 31.3. The summed E-state index contributed by atoms with van der Waals surface area (Å²) in [5.41, 5.74) is 4.94. The lowest BCUT2D eigenvalue weighted by Crippen LogP contribution is -2.33. The van der Waals surface area contributed by atoms with Crippen molar-refractivity contribution in [3.05, 3.63) is 82.7 Å². The van der Waals surface area contributed by atoms with E-state index in [2.05, 4.69) is 24.1 Å². The molecule has 0 saturated heterocycles. The third kappa shape index (κ3) is 6.37. The lowest BCUT2D eigenvalue weighted by molar-refractivity contribution is 0.172. The quantitative estimate of drug-likeness (QED) is 0.123. The van der Waals surface area contributed by atoms with Gasteiger partial charge in [0, 0.05) is 47.1 Å². The van der Waals surface area contributed by atoms with Gasteiger partial charge in [0.05, 0.1) is 55.5 Å².